The Bertz CT molecular complexity index is 1410. The molecule has 11 heteroatoms. The molecule has 11 nitrogen and oxygen atoms in total. The number of hydrogen-bond acceptors (Lipinski definition) is 8. The van der Waals surface area contributed by atoms with Crippen LogP contribution in [0.5, 0.6) is 0 Å². The minimum Gasteiger partial charge on any atom is -0.444 e. The van der Waals surface area contributed by atoms with Gasteiger partial charge in [-0.3, -0.25) is 4.68 Å². The molecule has 0 spiro atoms. The van der Waals surface area contributed by atoms with Crippen LogP contribution in [0.2, 0.25) is 0 Å². The van der Waals surface area contributed by atoms with Gasteiger partial charge in [-0.1, -0.05) is 30.3 Å². The van der Waals surface area contributed by atoms with E-state index < -0.39 is 5.60 Å². The third-order valence-corrected chi connectivity index (χ3v) is 6.23. The summed E-state index contributed by atoms with van der Waals surface area (Å²) in [7, 11) is 0. The molecular weight excluding hydrogens is 482 g/mol. The predicted molar refractivity (Wildman–Crippen MR) is 147 cm³/mol. The molecule has 4 aromatic rings. The number of anilines is 3. The second-order valence-corrected chi connectivity index (χ2v) is 10.9. The normalized spacial score (nSPS) is 15.8. The van der Waals surface area contributed by atoms with Gasteiger partial charge in [0.15, 0.2) is 17.0 Å². The number of benzene rings is 1. The summed E-state index contributed by atoms with van der Waals surface area (Å²) in [5.41, 5.74) is 2.87. The van der Waals surface area contributed by atoms with E-state index in [0.29, 0.717) is 36.9 Å². The van der Waals surface area contributed by atoms with E-state index >= 15 is 0 Å². The summed E-state index contributed by atoms with van der Waals surface area (Å²) in [4.78, 5) is 28.4. The molecule has 5 rings (SSSR count). The van der Waals surface area contributed by atoms with Gasteiger partial charge in [-0.05, 0) is 46.6 Å². The summed E-state index contributed by atoms with van der Waals surface area (Å²) in [5, 5.41) is 11.3. The summed E-state index contributed by atoms with van der Waals surface area (Å²) >= 11 is 0. The lowest BCUT2D eigenvalue weighted by atomic mass is 10.2. The molecule has 0 unspecified atom stereocenters. The highest BCUT2D eigenvalue weighted by molar-refractivity contribution is 5.86. The molecule has 38 heavy (non-hydrogen) atoms. The van der Waals surface area contributed by atoms with E-state index in [1.54, 1.807) is 17.4 Å². The molecule has 0 bridgehead atoms. The Hall–Kier alpha value is -4.15. The highest BCUT2D eigenvalue weighted by Gasteiger charge is 2.30. The van der Waals surface area contributed by atoms with E-state index in [1.165, 1.54) is 5.56 Å². The van der Waals surface area contributed by atoms with E-state index in [-0.39, 0.29) is 18.2 Å². The number of carbonyl (C=O) groups excluding carboxylic acids is 1. The third-order valence-electron chi connectivity index (χ3n) is 6.23. The molecule has 2 N–H and O–H groups in total. The van der Waals surface area contributed by atoms with Gasteiger partial charge in [-0.2, -0.15) is 15.1 Å². The summed E-state index contributed by atoms with van der Waals surface area (Å²) in [6.45, 7) is 11.6. The minimum absolute atomic E-state index is 0.0110. The maximum absolute atomic E-state index is 12.5. The van der Waals surface area contributed by atoms with Crippen LogP contribution in [0.15, 0.2) is 49.1 Å². The van der Waals surface area contributed by atoms with E-state index in [9.17, 15) is 4.79 Å². The number of likely N-dealkylation sites (tertiary alicyclic amines) is 1. The fourth-order valence-electron chi connectivity index (χ4n) is 4.42. The van der Waals surface area contributed by atoms with E-state index in [2.05, 4.69) is 46.7 Å². The molecule has 0 aliphatic carbocycles. The number of imidazole rings is 1. The van der Waals surface area contributed by atoms with Crippen molar-refractivity contribution in [3.63, 3.8) is 0 Å². The van der Waals surface area contributed by atoms with Crippen molar-refractivity contribution in [1.29, 1.82) is 0 Å². The zero-order valence-electron chi connectivity index (χ0n) is 22.5. The highest BCUT2D eigenvalue weighted by Crippen LogP contribution is 2.27. The lowest BCUT2D eigenvalue weighted by Crippen LogP contribution is -2.36. The van der Waals surface area contributed by atoms with Crippen LogP contribution in [0, 0.1) is 0 Å². The van der Waals surface area contributed by atoms with Crippen molar-refractivity contribution in [2.75, 3.05) is 23.7 Å². The van der Waals surface area contributed by atoms with Gasteiger partial charge in [0.05, 0.1) is 24.8 Å². The van der Waals surface area contributed by atoms with Gasteiger partial charge in [0.25, 0.3) is 0 Å². The van der Waals surface area contributed by atoms with Gasteiger partial charge in [-0.15, -0.1) is 0 Å². The fraction of sp³-hybridized carbons (Fsp3) is 0.444. The number of hydrogen-bond donors (Lipinski definition) is 2. The zero-order valence-corrected chi connectivity index (χ0v) is 22.5. The number of fused-ring (bicyclic) bond motifs is 1. The van der Waals surface area contributed by atoms with Gasteiger partial charge in [0.1, 0.15) is 5.60 Å². The number of nitrogens with one attached hydrogen (secondary N) is 2. The van der Waals surface area contributed by atoms with Crippen molar-refractivity contribution in [1.82, 2.24) is 34.2 Å². The fourth-order valence-corrected chi connectivity index (χ4v) is 4.42. The molecule has 1 aliphatic rings. The molecule has 1 saturated heterocycles. The first kappa shape index (κ1) is 25.5. The summed E-state index contributed by atoms with van der Waals surface area (Å²) in [6, 6.07) is 10.4. The van der Waals surface area contributed by atoms with Crippen molar-refractivity contribution in [2.45, 2.75) is 65.3 Å². The Morgan fingerprint density at radius 1 is 1.18 bits per heavy atom. The Morgan fingerprint density at radius 3 is 2.71 bits per heavy atom. The van der Waals surface area contributed by atoms with Crippen LogP contribution < -0.4 is 10.6 Å². The number of nitrogens with zero attached hydrogens (tertiary/aromatic N) is 7. The summed E-state index contributed by atoms with van der Waals surface area (Å²) in [5.74, 6) is 1.08. The van der Waals surface area contributed by atoms with Gasteiger partial charge < -0.3 is 24.8 Å². The van der Waals surface area contributed by atoms with Crippen LogP contribution in [-0.2, 0) is 11.3 Å². The maximum Gasteiger partial charge on any atom is 0.410 e. The molecule has 3 aromatic heterocycles. The second-order valence-electron chi connectivity index (χ2n) is 10.9. The van der Waals surface area contributed by atoms with Crippen molar-refractivity contribution in [3.8, 4) is 0 Å². The first-order valence-electron chi connectivity index (χ1n) is 13.0. The lowest BCUT2D eigenvalue weighted by molar-refractivity contribution is 0.0293. The Morgan fingerprint density at radius 2 is 1.97 bits per heavy atom. The molecule has 4 heterocycles. The highest BCUT2D eigenvalue weighted by atomic mass is 16.6. The van der Waals surface area contributed by atoms with Gasteiger partial charge in [-0.25, -0.2) is 9.78 Å². The van der Waals surface area contributed by atoms with Gasteiger partial charge in [0, 0.05) is 31.4 Å². The molecule has 0 saturated carbocycles. The SMILES string of the molecule is CC(C)n1cnc2c(Nc3cnn(Cc4ccccc4)c3)nc(N[C@H]3CCN(C(=O)OC(C)(C)C)C3)nc21. The first-order chi connectivity index (χ1) is 18.1. The van der Waals surface area contributed by atoms with Crippen molar-refractivity contribution in [2.24, 2.45) is 0 Å². The van der Waals surface area contributed by atoms with E-state index in [1.807, 2.05) is 54.4 Å². The quantitative estimate of drug-likeness (QED) is 0.359. The predicted octanol–water partition coefficient (Wildman–Crippen LogP) is 4.82. The standard InChI is InChI=1S/C27H35N9O2/c1-18(2)36-17-28-22-23(30-21-13-29-35(16-21)14-19-9-7-6-8-10-19)32-25(33-24(22)36)31-20-11-12-34(15-20)26(37)38-27(3,4)5/h6-10,13,16-18,20H,11-12,14-15H2,1-5H3,(H2,30,31,32,33)/t20-/m0/s1. The van der Waals surface area contributed by atoms with Crippen LogP contribution in [0.4, 0.5) is 22.2 Å². The second kappa shape index (κ2) is 10.3. The summed E-state index contributed by atoms with van der Waals surface area (Å²) < 4.78 is 9.44. The number of amides is 1. The molecule has 200 valence electrons. The minimum atomic E-state index is -0.526. The molecule has 1 amide bonds. The van der Waals surface area contributed by atoms with Crippen molar-refractivity contribution < 1.29 is 9.53 Å². The topological polar surface area (TPSA) is 115 Å². The van der Waals surface area contributed by atoms with Crippen LogP contribution in [-0.4, -0.2) is 65.0 Å². The molecule has 1 atom stereocenters. The Balaban J connectivity index is 1.36. The van der Waals surface area contributed by atoms with Gasteiger partial charge >= 0.3 is 6.09 Å². The third kappa shape index (κ3) is 5.87. The number of ether oxygens (including phenoxy) is 1. The molecule has 1 fully saturated rings. The average Bonchev–Trinajstić information content (AvgIpc) is 3.59. The Kier molecular flexibility index (Phi) is 6.92. The van der Waals surface area contributed by atoms with Crippen LogP contribution in [0.25, 0.3) is 11.2 Å². The Labute approximate surface area is 222 Å². The lowest BCUT2D eigenvalue weighted by Gasteiger charge is -2.24. The van der Waals surface area contributed by atoms with Crippen LogP contribution in [0.1, 0.15) is 52.6 Å². The summed E-state index contributed by atoms with van der Waals surface area (Å²) in [6.07, 6.45) is 5.99. The van der Waals surface area contributed by atoms with Crippen molar-refractivity contribution >= 4 is 34.7 Å². The monoisotopic (exact) mass is 517 g/mol. The molecule has 1 aliphatic heterocycles. The molecular formula is C27H35N9O2. The molecule has 0 radical (unpaired) electrons. The number of carbonyl (C=O) groups is 1. The molecule has 1 aromatic carbocycles. The average molecular weight is 518 g/mol. The zero-order chi connectivity index (χ0) is 26.9. The largest absolute Gasteiger partial charge is 0.444 e. The number of aromatic nitrogens is 6. The maximum atomic E-state index is 12.5. The van der Waals surface area contributed by atoms with Gasteiger partial charge in [0.2, 0.25) is 5.95 Å². The smallest absolute Gasteiger partial charge is 0.410 e. The van der Waals surface area contributed by atoms with Crippen LogP contribution >= 0.6 is 0 Å². The van der Waals surface area contributed by atoms with Crippen LogP contribution in [0.3, 0.4) is 0 Å². The number of rotatable bonds is 7. The van der Waals surface area contributed by atoms with E-state index in [4.69, 9.17) is 14.7 Å². The van der Waals surface area contributed by atoms with E-state index in [0.717, 1.165) is 17.8 Å². The first-order valence-corrected chi connectivity index (χ1v) is 13.0. The van der Waals surface area contributed by atoms with Crippen molar-refractivity contribution in [3.05, 3.63) is 54.6 Å².